The van der Waals surface area contributed by atoms with Crippen molar-refractivity contribution in [1.82, 2.24) is 4.72 Å². The number of carbonyl (C=O) groups is 1. The Kier molecular flexibility index (Phi) is 4.31. The van der Waals surface area contributed by atoms with Crippen molar-refractivity contribution in [2.24, 2.45) is 0 Å². The molecule has 7 heteroatoms. The van der Waals surface area contributed by atoms with Gasteiger partial charge < -0.3 is 10.2 Å². The van der Waals surface area contributed by atoms with Crippen LogP contribution in [-0.2, 0) is 14.8 Å². The van der Waals surface area contributed by atoms with Crippen molar-refractivity contribution in [1.29, 1.82) is 0 Å². The quantitative estimate of drug-likeness (QED) is 0.527. The highest BCUT2D eigenvalue weighted by Gasteiger charge is 2.28. The molecule has 0 radical (unpaired) electrons. The van der Waals surface area contributed by atoms with E-state index in [1.807, 2.05) is 4.72 Å². The van der Waals surface area contributed by atoms with E-state index in [1.54, 1.807) is 0 Å². The fourth-order valence-corrected chi connectivity index (χ4v) is 1.66. The Balaban J connectivity index is 4.50. The van der Waals surface area contributed by atoms with E-state index in [2.05, 4.69) is 0 Å². The summed E-state index contributed by atoms with van der Waals surface area (Å²) in [5, 5.41) is 15.5. The first-order valence-electron chi connectivity index (χ1n) is 3.66. The van der Waals surface area contributed by atoms with Crippen molar-refractivity contribution in [2.75, 3.05) is 6.61 Å². The molecule has 0 aliphatic heterocycles. The van der Waals surface area contributed by atoms with E-state index in [9.17, 15) is 13.2 Å². The summed E-state index contributed by atoms with van der Waals surface area (Å²) >= 11 is 0. The molecule has 0 saturated heterocycles. The molecule has 0 aliphatic rings. The Morgan fingerprint density at radius 3 is 2.23 bits per heavy atom. The van der Waals surface area contributed by atoms with Crippen LogP contribution in [-0.4, -0.2) is 42.5 Å². The van der Waals surface area contributed by atoms with Crippen LogP contribution in [0.25, 0.3) is 0 Å². The van der Waals surface area contributed by atoms with E-state index in [-0.39, 0.29) is 6.61 Å². The molecule has 0 aromatic carbocycles. The fraction of sp³-hybridized carbons (Fsp3) is 0.833. The van der Waals surface area contributed by atoms with E-state index < -0.39 is 27.3 Å². The predicted octanol–water partition coefficient (Wildman–Crippen LogP) is -1.24. The molecule has 0 aromatic rings. The number of carboxylic acid groups (broad SMARTS) is 1. The Morgan fingerprint density at radius 1 is 1.46 bits per heavy atom. The van der Waals surface area contributed by atoms with E-state index in [0.717, 1.165) is 6.92 Å². The maximum Gasteiger partial charge on any atom is 0.323 e. The second-order valence-electron chi connectivity index (χ2n) is 2.73. The van der Waals surface area contributed by atoms with Crippen LogP contribution >= 0.6 is 0 Å². The summed E-state index contributed by atoms with van der Waals surface area (Å²) in [6, 6.07) is -0.674. The van der Waals surface area contributed by atoms with E-state index in [4.69, 9.17) is 10.2 Å². The molecular formula is C6H13NO5S. The molecule has 6 nitrogen and oxygen atoms in total. The van der Waals surface area contributed by atoms with E-state index >= 15 is 0 Å². The average Bonchev–Trinajstić information content (AvgIpc) is 2.01. The largest absolute Gasteiger partial charge is 0.480 e. The molecule has 2 atom stereocenters. The summed E-state index contributed by atoms with van der Waals surface area (Å²) < 4.78 is 24.3. The van der Waals surface area contributed by atoms with Crippen LogP contribution in [0, 0.1) is 0 Å². The summed E-state index contributed by atoms with van der Waals surface area (Å²) in [6.45, 7) is 2.13. The predicted molar refractivity (Wildman–Crippen MR) is 45.7 cm³/mol. The smallest absolute Gasteiger partial charge is 0.323 e. The van der Waals surface area contributed by atoms with Gasteiger partial charge in [0.2, 0.25) is 10.0 Å². The van der Waals surface area contributed by atoms with Gasteiger partial charge in [-0.25, -0.2) is 13.1 Å². The van der Waals surface area contributed by atoms with Crippen molar-refractivity contribution < 1.29 is 23.4 Å². The Bertz CT molecular complexity index is 273. The number of aliphatic hydroxyl groups is 1. The van der Waals surface area contributed by atoms with Crippen LogP contribution < -0.4 is 4.72 Å². The van der Waals surface area contributed by atoms with E-state index in [0.29, 0.717) is 0 Å². The van der Waals surface area contributed by atoms with Gasteiger partial charge in [0.05, 0.1) is 6.61 Å². The third-order valence-electron chi connectivity index (χ3n) is 1.45. The van der Waals surface area contributed by atoms with Gasteiger partial charge in [-0.05, 0) is 13.8 Å². The first-order chi connectivity index (χ1) is 5.81. The topological polar surface area (TPSA) is 104 Å². The number of hydrogen-bond donors (Lipinski definition) is 3. The van der Waals surface area contributed by atoms with Crippen LogP contribution in [0.5, 0.6) is 0 Å². The maximum absolute atomic E-state index is 11.1. The number of nitrogens with one attached hydrogen (secondary N) is 1. The summed E-state index contributed by atoms with van der Waals surface area (Å²) in [5.41, 5.74) is 0. The van der Waals surface area contributed by atoms with Gasteiger partial charge in [0, 0.05) is 6.04 Å². The molecule has 78 valence electrons. The Labute approximate surface area is 76.6 Å². The molecule has 0 saturated carbocycles. The number of aliphatic carboxylic acids is 1. The van der Waals surface area contributed by atoms with Gasteiger partial charge in [-0.3, -0.25) is 4.79 Å². The van der Waals surface area contributed by atoms with Gasteiger partial charge in [0.25, 0.3) is 0 Å². The summed E-state index contributed by atoms with van der Waals surface area (Å²) in [5.74, 6) is -1.42. The van der Waals surface area contributed by atoms with Crippen molar-refractivity contribution in [3.63, 3.8) is 0 Å². The highest BCUT2D eigenvalue weighted by molar-refractivity contribution is 7.90. The number of carboxylic acids is 1. The van der Waals surface area contributed by atoms with Crippen molar-refractivity contribution in [3.8, 4) is 0 Å². The van der Waals surface area contributed by atoms with Gasteiger partial charge in [-0.1, -0.05) is 0 Å². The highest BCUT2D eigenvalue weighted by Crippen LogP contribution is 1.99. The molecule has 0 fully saturated rings. The summed E-state index contributed by atoms with van der Waals surface area (Å²) in [7, 11) is -3.88. The Morgan fingerprint density at radius 2 is 1.92 bits per heavy atom. The van der Waals surface area contributed by atoms with Crippen LogP contribution in [0.4, 0.5) is 0 Å². The lowest BCUT2D eigenvalue weighted by molar-refractivity contribution is -0.136. The van der Waals surface area contributed by atoms with Gasteiger partial charge >= 0.3 is 5.97 Å². The minimum atomic E-state index is -3.88. The fourth-order valence-electron chi connectivity index (χ4n) is 0.552. The molecule has 0 bridgehead atoms. The van der Waals surface area contributed by atoms with E-state index in [1.165, 1.54) is 6.92 Å². The van der Waals surface area contributed by atoms with Crippen molar-refractivity contribution in [3.05, 3.63) is 0 Å². The molecule has 2 unspecified atom stereocenters. The number of hydrogen-bond acceptors (Lipinski definition) is 4. The zero-order chi connectivity index (χ0) is 10.6. The Hall–Kier alpha value is -0.660. The number of rotatable bonds is 5. The van der Waals surface area contributed by atoms with Crippen LogP contribution in [0.2, 0.25) is 0 Å². The lowest BCUT2D eigenvalue weighted by Gasteiger charge is -2.13. The SMILES string of the molecule is CC(CO)NS(=O)(=O)C(C)C(=O)O. The zero-order valence-electron chi connectivity index (χ0n) is 7.39. The monoisotopic (exact) mass is 211 g/mol. The van der Waals surface area contributed by atoms with Crippen molar-refractivity contribution in [2.45, 2.75) is 25.1 Å². The normalized spacial score (nSPS) is 16.5. The molecule has 0 heterocycles. The number of sulfonamides is 1. The molecule has 0 aliphatic carbocycles. The molecule has 0 spiro atoms. The standard InChI is InChI=1S/C6H13NO5S/c1-4(3-8)7-13(11,12)5(2)6(9)10/h4-5,7-8H,3H2,1-2H3,(H,9,10). The first-order valence-corrected chi connectivity index (χ1v) is 5.20. The minimum Gasteiger partial charge on any atom is -0.480 e. The molecule has 0 amide bonds. The second kappa shape index (κ2) is 4.54. The van der Waals surface area contributed by atoms with Gasteiger partial charge in [-0.15, -0.1) is 0 Å². The lowest BCUT2D eigenvalue weighted by atomic mass is 10.4. The van der Waals surface area contributed by atoms with Gasteiger partial charge in [0.1, 0.15) is 0 Å². The number of aliphatic hydroxyl groups excluding tert-OH is 1. The summed E-state index contributed by atoms with van der Waals surface area (Å²) in [4.78, 5) is 10.3. The van der Waals surface area contributed by atoms with Gasteiger partial charge in [-0.2, -0.15) is 0 Å². The van der Waals surface area contributed by atoms with Crippen molar-refractivity contribution >= 4 is 16.0 Å². The molecule has 0 rings (SSSR count). The van der Waals surface area contributed by atoms with Crippen LogP contribution in [0.1, 0.15) is 13.8 Å². The minimum absolute atomic E-state index is 0.369. The highest BCUT2D eigenvalue weighted by atomic mass is 32.2. The maximum atomic E-state index is 11.1. The second-order valence-corrected chi connectivity index (χ2v) is 4.76. The average molecular weight is 211 g/mol. The van der Waals surface area contributed by atoms with Gasteiger partial charge in [0.15, 0.2) is 5.25 Å². The molecular weight excluding hydrogens is 198 g/mol. The first kappa shape index (κ1) is 12.3. The summed E-state index contributed by atoms with van der Waals surface area (Å²) in [6.07, 6.45) is 0. The molecule has 0 aromatic heterocycles. The third kappa shape index (κ3) is 3.71. The molecule has 13 heavy (non-hydrogen) atoms. The lowest BCUT2D eigenvalue weighted by Crippen LogP contribution is -2.43. The zero-order valence-corrected chi connectivity index (χ0v) is 8.21. The third-order valence-corrected chi connectivity index (χ3v) is 3.32. The van der Waals surface area contributed by atoms with Crippen LogP contribution in [0.15, 0.2) is 0 Å². The molecule has 3 N–H and O–H groups in total. The van der Waals surface area contributed by atoms with Crippen LogP contribution in [0.3, 0.4) is 0 Å².